The van der Waals surface area contributed by atoms with Gasteiger partial charge in [-0.25, -0.2) is 14.1 Å². The number of aromatic nitrogens is 3. The van der Waals surface area contributed by atoms with Crippen LogP contribution in [0.15, 0.2) is 79.0 Å². The predicted molar refractivity (Wildman–Crippen MR) is 110 cm³/mol. The van der Waals surface area contributed by atoms with E-state index in [0.29, 0.717) is 10.7 Å². The minimum absolute atomic E-state index is 0.264. The van der Waals surface area contributed by atoms with Crippen molar-refractivity contribution in [1.29, 1.82) is 0 Å². The molecule has 2 aromatic heterocycles. The fraction of sp³-hybridized carbons (Fsp3) is 0. The number of fused-ring (bicyclic) bond motifs is 1. The van der Waals surface area contributed by atoms with E-state index >= 15 is 0 Å². The first-order chi connectivity index (χ1) is 13.5. The van der Waals surface area contributed by atoms with Crippen molar-refractivity contribution in [2.45, 2.75) is 0 Å². The zero-order valence-electron chi connectivity index (χ0n) is 14.7. The molecule has 0 spiro atoms. The zero-order valence-corrected chi connectivity index (χ0v) is 15.5. The van der Waals surface area contributed by atoms with E-state index in [0.717, 1.165) is 22.2 Å². The van der Waals surface area contributed by atoms with Gasteiger partial charge in [0.15, 0.2) is 5.13 Å². The quantitative estimate of drug-likeness (QED) is 0.392. The molecule has 0 saturated heterocycles. The summed E-state index contributed by atoms with van der Waals surface area (Å²) in [6.07, 6.45) is 3.33. The molecule has 0 aliphatic heterocycles. The number of carbonyl (C=O) groups excluding carboxylic acids is 1. The Morgan fingerprint density at radius 3 is 2.64 bits per heavy atom. The smallest absolute Gasteiger partial charge is 0.257 e. The van der Waals surface area contributed by atoms with Gasteiger partial charge in [-0.2, -0.15) is 5.10 Å². The lowest BCUT2D eigenvalue weighted by molar-refractivity contribution is -0.112. The number of hydrogen-bond donors (Lipinski definition) is 1. The summed E-state index contributed by atoms with van der Waals surface area (Å²) in [5.74, 6) is -0.643. The SMILES string of the molecule is C=C(C(=C)c1ccc2c(cnn2-c2ccc(F)cc2)c1)C(=O)Nc1nccs1. The van der Waals surface area contributed by atoms with Crippen LogP contribution in [-0.2, 0) is 4.79 Å². The molecule has 2 aromatic carbocycles. The molecule has 0 bridgehead atoms. The fourth-order valence-corrected chi connectivity index (χ4v) is 3.30. The maximum atomic E-state index is 13.2. The normalized spacial score (nSPS) is 10.8. The number of halogens is 1. The molecule has 5 nitrogen and oxygen atoms in total. The van der Waals surface area contributed by atoms with E-state index in [1.54, 1.807) is 34.6 Å². The van der Waals surface area contributed by atoms with Crippen molar-refractivity contribution in [3.8, 4) is 5.69 Å². The second-order valence-electron chi connectivity index (χ2n) is 6.05. The van der Waals surface area contributed by atoms with E-state index in [1.807, 2.05) is 18.2 Å². The van der Waals surface area contributed by atoms with Crippen molar-refractivity contribution in [2.75, 3.05) is 5.32 Å². The molecule has 138 valence electrons. The van der Waals surface area contributed by atoms with Crippen molar-refractivity contribution < 1.29 is 9.18 Å². The Labute approximate surface area is 164 Å². The van der Waals surface area contributed by atoms with Crippen LogP contribution in [0.3, 0.4) is 0 Å². The Kier molecular flexibility index (Phi) is 4.58. The molecule has 0 unspecified atom stereocenters. The van der Waals surface area contributed by atoms with Gasteiger partial charge in [-0.05, 0) is 47.5 Å². The average molecular weight is 390 g/mol. The van der Waals surface area contributed by atoms with Gasteiger partial charge in [-0.15, -0.1) is 11.3 Å². The summed E-state index contributed by atoms with van der Waals surface area (Å²) in [6.45, 7) is 7.87. The van der Waals surface area contributed by atoms with Crippen LogP contribution in [0.25, 0.3) is 22.2 Å². The second kappa shape index (κ2) is 7.21. The summed E-state index contributed by atoms with van der Waals surface area (Å²) in [5.41, 5.74) is 3.17. The minimum atomic E-state index is -0.345. The highest BCUT2D eigenvalue weighted by molar-refractivity contribution is 7.13. The number of carbonyl (C=O) groups is 1. The van der Waals surface area contributed by atoms with Crippen molar-refractivity contribution in [3.63, 3.8) is 0 Å². The van der Waals surface area contributed by atoms with Gasteiger partial charge in [0.05, 0.1) is 17.4 Å². The molecule has 4 aromatic rings. The number of thiazole rings is 1. The van der Waals surface area contributed by atoms with Crippen LogP contribution in [0.4, 0.5) is 9.52 Å². The molecule has 28 heavy (non-hydrogen) atoms. The van der Waals surface area contributed by atoms with Crippen molar-refractivity contribution in [1.82, 2.24) is 14.8 Å². The lowest BCUT2D eigenvalue weighted by Gasteiger charge is -2.10. The number of benzene rings is 2. The number of amides is 1. The maximum Gasteiger partial charge on any atom is 0.257 e. The van der Waals surface area contributed by atoms with Crippen LogP contribution < -0.4 is 5.32 Å². The minimum Gasteiger partial charge on any atom is -0.298 e. The van der Waals surface area contributed by atoms with Crippen molar-refractivity contribution in [2.24, 2.45) is 0 Å². The van der Waals surface area contributed by atoms with Crippen LogP contribution in [0, 0.1) is 5.82 Å². The number of rotatable bonds is 5. The zero-order chi connectivity index (χ0) is 19.7. The Morgan fingerprint density at radius 1 is 1.14 bits per heavy atom. The summed E-state index contributed by atoms with van der Waals surface area (Å²) in [7, 11) is 0. The van der Waals surface area contributed by atoms with Gasteiger partial charge in [0, 0.05) is 22.5 Å². The summed E-state index contributed by atoms with van der Waals surface area (Å²) in [4.78, 5) is 16.4. The van der Waals surface area contributed by atoms with E-state index in [2.05, 4.69) is 28.6 Å². The highest BCUT2D eigenvalue weighted by atomic mass is 32.1. The molecule has 0 saturated carbocycles. The summed E-state index contributed by atoms with van der Waals surface area (Å²) in [5, 5.41) is 10.2. The van der Waals surface area contributed by atoms with Gasteiger partial charge in [0.1, 0.15) is 5.82 Å². The average Bonchev–Trinajstić information content (AvgIpc) is 3.36. The Bertz CT molecular complexity index is 1190. The molecule has 1 N–H and O–H groups in total. The molecular weight excluding hydrogens is 375 g/mol. The van der Waals surface area contributed by atoms with Crippen LogP contribution in [-0.4, -0.2) is 20.7 Å². The van der Waals surface area contributed by atoms with Gasteiger partial charge < -0.3 is 0 Å². The third-order valence-electron chi connectivity index (χ3n) is 4.28. The molecule has 0 aliphatic carbocycles. The summed E-state index contributed by atoms with van der Waals surface area (Å²) in [6, 6.07) is 11.8. The van der Waals surface area contributed by atoms with E-state index in [-0.39, 0.29) is 17.3 Å². The van der Waals surface area contributed by atoms with Crippen LogP contribution in [0.5, 0.6) is 0 Å². The molecule has 0 aliphatic rings. The van der Waals surface area contributed by atoms with Gasteiger partial charge in [-0.1, -0.05) is 19.2 Å². The van der Waals surface area contributed by atoms with E-state index in [4.69, 9.17) is 0 Å². The van der Waals surface area contributed by atoms with Crippen LogP contribution in [0.1, 0.15) is 5.56 Å². The Morgan fingerprint density at radius 2 is 1.93 bits per heavy atom. The standard InChI is InChI=1S/C21H15FN4OS/c1-13(14(2)20(27)25-21-23-9-10-28-21)15-3-8-19-16(11-15)12-24-26(19)18-6-4-17(22)5-7-18/h3-12H,1-2H2,(H,23,25,27). The first-order valence-corrected chi connectivity index (χ1v) is 9.24. The predicted octanol–water partition coefficient (Wildman–Crippen LogP) is 4.83. The highest BCUT2D eigenvalue weighted by Gasteiger charge is 2.15. The van der Waals surface area contributed by atoms with Gasteiger partial charge in [-0.3, -0.25) is 10.1 Å². The van der Waals surface area contributed by atoms with Gasteiger partial charge in [0.25, 0.3) is 5.91 Å². The maximum absolute atomic E-state index is 13.2. The molecule has 0 radical (unpaired) electrons. The lowest BCUT2D eigenvalue weighted by atomic mass is 9.99. The summed E-state index contributed by atoms with van der Waals surface area (Å²) >= 11 is 1.33. The third kappa shape index (κ3) is 3.35. The number of anilines is 1. The highest BCUT2D eigenvalue weighted by Crippen LogP contribution is 2.26. The van der Waals surface area contributed by atoms with Crippen molar-refractivity contribution in [3.05, 3.63) is 90.3 Å². The van der Waals surface area contributed by atoms with E-state index in [1.165, 1.54) is 23.5 Å². The number of nitrogens with one attached hydrogen (secondary N) is 1. The second-order valence-corrected chi connectivity index (χ2v) is 6.95. The number of hydrogen-bond acceptors (Lipinski definition) is 4. The third-order valence-corrected chi connectivity index (χ3v) is 4.97. The monoisotopic (exact) mass is 390 g/mol. The van der Waals surface area contributed by atoms with E-state index in [9.17, 15) is 9.18 Å². The first-order valence-electron chi connectivity index (χ1n) is 8.36. The van der Waals surface area contributed by atoms with Gasteiger partial charge in [0.2, 0.25) is 0 Å². The summed E-state index contributed by atoms with van der Waals surface area (Å²) < 4.78 is 14.9. The Hall–Kier alpha value is -3.58. The molecule has 2 heterocycles. The lowest BCUT2D eigenvalue weighted by Crippen LogP contribution is -2.14. The molecular formula is C21H15FN4OS. The Balaban J connectivity index is 1.59. The van der Waals surface area contributed by atoms with Crippen molar-refractivity contribution >= 4 is 38.9 Å². The molecule has 0 fully saturated rings. The first kappa shape index (κ1) is 17.8. The van der Waals surface area contributed by atoms with E-state index < -0.39 is 0 Å². The molecule has 4 rings (SSSR count). The van der Waals surface area contributed by atoms with Crippen LogP contribution in [0.2, 0.25) is 0 Å². The molecule has 1 amide bonds. The molecule has 0 atom stereocenters. The van der Waals surface area contributed by atoms with Crippen LogP contribution >= 0.6 is 11.3 Å². The fourth-order valence-electron chi connectivity index (χ4n) is 2.78. The largest absolute Gasteiger partial charge is 0.298 e. The molecule has 7 heteroatoms. The van der Waals surface area contributed by atoms with Gasteiger partial charge >= 0.3 is 0 Å². The topological polar surface area (TPSA) is 59.8 Å². The number of nitrogens with zero attached hydrogens (tertiary/aromatic N) is 3.